The summed E-state index contributed by atoms with van der Waals surface area (Å²) in [5.74, 6) is -0.325. The summed E-state index contributed by atoms with van der Waals surface area (Å²) >= 11 is 0. The Balaban J connectivity index is 2.39. The Morgan fingerprint density at radius 2 is 1.68 bits per heavy atom. The van der Waals surface area contributed by atoms with Crippen molar-refractivity contribution in [2.75, 3.05) is 6.54 Å². The first-order valence-corrected chi connectivity index (χ1v) is 9.79. The van der Waals surface area contributed by atoms with E-state index in [4.69, 9.17) is 0 Å². The van der Waals surface area contributed by atoms with Gasteiger partial charge < -0.3 is 10.2 Å². The lowest BCUT2D eigenvalue weighted by atomic mass is 10.0. The third-order valence-electron chi connectivity index (χ3n) is 4.41. The van der Waals surface area contributed by atoms with Crippen LogP contribution in [0.15, 0.2) is 54.6 Å². The monoisotopic (exact) mass is 384 g/mol. The molecule has 0 radical (unpaired) electrons. The largest absolute Gasteiger partial charge is 0.354 e. The summed E-state index contributed by atoms with van der Waals surface area (Å²) in [6.07, 6.45) is 1.04. The molecule has 1 N–H and O–H groups in total. The van der Waals surface area contributed by atoms with Gasteiger partial charge in [0.25, 0.3) is 0 Å². The molecule has 150 valence electrons. The van der Waals surface area contributed by atoms with Crippen LogP contribution >= 0.6 is 0 Å². The highest BCUT2D eigenvalue weighted by Crippen LogP contribution is 2.25. The minimum Gasteiger partial charge on any atom is -0.354 e. The zero-order valence-corrected chi connectivity index (χ0v) is 16.8. The molecule has 0 aliphatic heterocycles. The number of amides is 2. The van der Waals surface area contributed by atoms with Crippen molar-refractivity contribution in [2.24, 2.45) is 5.92 Å². The van der Waals surface area contributed by atoms with Crippen molar-refractivity contribution in [3.05, 3.63) is 71.5 Å². The Morgan fingerprint density at radius 3 is 2.25 bits per heavy atom. The SMILES string of the molecule is CCCC(=O)N(Cc1ccc(F)cc1)[C@H](C(=O)NCC(C)C)c1ccccc1. The fourth-order valence-electron chi connectivity index (χ4n) is 2.98. The second-order valence-corrected chi connectivity index (χ2v) is 7.35. The second kappa shape index (κ2) is 10.6. The van der Waals surface area contributed by atoms with Gasteiger partial charge in [0.15, 0.2) is 0 Å². The number of halogens is 1. The summed E-state index contributed by atoms with van der Waals surface area (Å²) in [5, 5.41) is 2.96. The number of benzene rings is 2. The molecule has 2 amide bonds. The molecule has 2 aromatic rings. The van der Waals surface area contributed by atoms with Crippen LogP contribution in [0, 0.1) is 11.7 Å². The topological polar surface area (TPSA) is 49.4 Å². The van der Waals surface area contributed by atoms with Gasteiger partial charge in [0.1, 0.15) is 11.9 Å². The van der Waals surface area contributed by atoms with Gasteiger partial charge in [0, 0.05) is 19.5 Å². The molecule has 0 unspecified atom stereocenters. The molecule has 0 fully saturated rings. The number of nitrogens with one attached hydrogen (secondary N) is 1. The third-order valence-corrected chi connectivity index (χ3v) is 4.41. The van der Waals surface area contributed by atoms with Crippen LogP contribution in [0.5, 0.6) is 0 Å². The molecule has 0 aromatic heterocycles. The summed E-state index contributed by atoms with van der Waals surface area (Å²) in [7, 11) is 0. The summed E-state index contributed by atoms with van der Waals surface area (Å²) in [5.41, 5.74) is 1.54. The Kier molecular flexibility index (Phi) is 8.18. The van der Waals surface area contributed by atoms with Crippen LogP contribution in [-0.4, -0.2) is 23.3 Å². The molecule has 2 aromatic carbocycles. The molecule has 28 heavy (non-hydrogen) atoms. The molecule has 0 aliphatic rings. The van der Waals surface area contributed by atoms with Crippen molar-refractivity contribution in [3.8, 4) is 0 Å². The highest BCUT2D eigenvalue weighted by molar-refractivity contribution is 5.88. The zero-order valence-electron chi connectivity index (χ0n) is 16.8. The smallest absolute Gasteiger partial charge is 0.247 e. The summed E-state index contributed by atoms with van der Waals surface area (Å²) in [4.78, 5) is 27.6. The Bertz CT molecular complexity index is 760. The van der Waals surface area contributed by atoms with Crippen molar-refractivity contribution >= 4 is 11.8 Å². The van der Waals surface area contributed by atoms with Crippen LogP contribution in [0.2, 0.25) is 0 Å². The molecular weight excluding hydrogens is 355 g/mol. The van der Waals surface area contributed by atoms with Gasteiger partial charge >= 0.3 is 0 Å². The fraction of sp³-hybridized carbons (Fsp3) is 0.391. The Morgan fingerprint density at radius 1 is 1.04 bits per heavy atom. The number of carbonyl (C=O) groups excluding carboxylic acids is 2. The van der Waals surface area contributed by atoms with Crippen molar-refractivity contribution in [1.29, 1.82) is 0 Å². The van der Waals surface area contributed by atoms with E-state index < -0.39 is 6.04 Å². The van der Waals surface area contributed by atoms with Gasteiger partial charge in [0.2, 0.25) is 11.8 Å². The maximum atomic E-state index is 13.3. The van der Waals surface area contributed by atoms with Crippen LogP contribution < -0.4 is 5.32 Å². The number of carbonyl (C=O) groups is 2. The van der Waals surface area contributed by atoms with E-state index in [1.54, 1.807) is 17.0 Å². The third kappa shape index (κ3) is 6.19. The van der Waals surface area contributed by atoms with Gasteiger partial charge in [-0.2, -0.15) is 0 Å². The first-order valence-electron chi connectivity index (χ1n) is 9.79. The lowest BCUT2D eigenvalue weighted by Crippen LogP contribution is -2.44. The normalized spacial score (nSPS) is 11.9. The van der Waals surface area contributed by atoms with Crippen LogP contribution in [0.4, 0.5) is 4.39 Å². The molecule has 0 heterocycles. The quantitative estimate of drug-likeness (QED) is 0.694. The van der Waals surface area contributed by atoms with Crippen LogP contribution in [-0.2, 0) is 16.1 Å². The zero-order chi connectivity index (χ0) is 20.5. The van der Waals surface area contributed by atoms with E-state index in [1.165, 1.54) is 12.1 Å². The average Bonchev–Trinajstić information content (AvgIpc) is 2.68. The standard InChI is InChI=1S/C23H29FN2O2/c1-4-8-21(27)26(16-18-11-13-20(24)14-12-18)22(19-9-6-5-7-10-19)23(28)25-15-17(2)3/h5-7,9-14,17,22H,4,8,15-16H2,1-3H3,(H,25,28)/t22-/m0/s1. The first kappa shape index (κ1) is 21.6. The molecule has 0 saturated carbocycles. The summed E-state index contributed by atoms with van der Waals surface area (Å²) in [6, 6.07) is 14.6. The van der Waals surface area contributed by atoms with Crippen molar-refractivity contribution in [2.45, 2.75) is 46.2 Å². The lowest BCUT2D eigenvalue weighted by Gasteiger charge is -2.32. The minimum absolute atomic E-state index is 0.0969. The Hall–Kier alpha value is -2.69. The van der Waals surface area contributed by atoms with E-state index >= 15 is 0 Å². The molecule has 0 saturated heterocycles. The average molecular weight is 384 g/mol. The van der Waals surface area contributed by atoms with Gasteiger partial charge in [-0.1, -0.05) is 63.2 Å². The van der Waals surface area contributed by atoms with Crippen molar-refractivity contribution in [3.63, 3.8) is 0 Å². The second-order valence-electron chi connectivity index (χ2n) is 7.35. The van der Waals surface area contributed by atoms with E-state index in [0.29, 0.717) is 25.3 Å². The van der Waals surface area contributed by atoms with Gasteiger partial charge in [-0.3, -0.25) is 9.59 Å². The number of nitrogens with zero attached hydrogens (tertiary/aromatic N) is 1. The van der Waals surface area contributed by atoms with Gasteiger partial charge in [-0.25, -0.2) is 4.39 Å². The molecule has 4 nitrogen and oxygen atoms in total. The first-order chi connectivity index (χ1) is 13.4. The molecule has 1 atom stereocenters. The van der Waals surface area contributed by atoms with E-state index in [-0.39, 0.29) is 24.2 Å². The molecule has 0 bridgehead atoms. The maximum Gasteiger partial charge on any atom is 0.247 e. The van der Waals surface area contributed by atoms with Crippen molar-refractivity contribution < 1.29 is 14.0 Å². The van der Waals surface area contributed by atoms with Crippen LogP contribution in [0.25, 0.3) is 0 Å². The van der Waals surface area contributed by atoms with Gasteiger partial charge in [-0.05, 0) is 35.6 Å². The number of hydrogen-bond acceptors (Lipinski definition) is 2. The van der Waals surface area contributed by atoms with Gasteiger partial charge in [0.05, 0.1) is 0 Å². The minimum atomic E-state index is -0.732. The van der Waals surface area contributed by atoms with Crippen LogP contribution in [0.1, 0.15) is 50.8 Å². The number of hydrogen-bond donors (Lipinski definition) is 1. The van der Waals surface area contributed by atoms with Crippen LogP contribution in [0.3, 0.4) is 0 Å². The summed E-state index contributed by atoms with van der Waals surface area (Å²) < 4.78 is 13.3. The molecule has 0 spiro atoms. The Labute approximate surface area is 166 Å². The summed E-state index contributed by atoms with van der Waals surface area (Å²) in [6.45, 7) is 6.76. The van der Waals surface area contributed by atoms with E-state index in [9.17, 15) is 14.0 Å². The molecule has 2 rings (SSSR count). The maximum absolute atomic E-state index is 13.3. The van der Waals surface area contributed by atoms with E-state index in [2.05, 4.69) is 5.32 Å². The highest BCUT2D eigenvalue weighted by atomic mass is 19.1. The van der Waals surface area contributed by atoms with E-state index in [1.807, 2.05) is 51.1 Å². The molecule has 5 heteroatoms. The number of rotatable bonds is 9. The predicted molar refractivity (Wildman–Crippen MR) is 109 cm³/mol. The lowest BCUT2D eigenvalue weighted by molar-refractivity contribution is -0.141. The highest BCUT2D eigenvalue weighted by Gasteiger charge is 2.31. The molecule has 0 aliphatic carbocycles. The molecular formula is C23H29FN2O2. The fourth-order valence-corrected chi connectivity index (χ4v) is 2.98. The van der Waals surface area contributed by atoms with Gasteiger partial charge in [-0.15, -0.1) is 0 Å². The van der Waals surface area contributed by atoms with E-state index in [0.717, 1.165) is 11.1 Å². The predicted octanol–water partition coefficient (Wildman–Crippen LogP) is 4.47. The van der Waals surface area contributed by atoms with Crippen molar-refractivity contribution in [1.82, 2.24) is 10.2 Å².